The van der Waals surface area contributed by atoms with Crippen molar-refractivity contribution < 1.29 is 8.95 Å². The van der Waals surface area contributed by atoms with Crippen LogP contribution in [0.3, 0.4) is 0 Å². The third-order valence-electron chi connectivity index (χ3n) is 2.75. The van der Waals surface area contributed by atoms with Gasteiger partial charge in [0.1, 0.15) is 5.75 Å². The van der Waals surface area contributed by atoms with E-state index in [1.807, 2.05) is 31.2 Å². The quantitative estimate of drug-likeness (QED) is 0.833. The maximum absolute atomic E-state index is 12.4. The van der Waals surface area contributed by atoms with Gasteiger partial charge < -0.3 is 10.5 Å². The number of hydrogen-bond donors (Lipinski definition) is 1. The number of rotatable bonds is 5. The van der Waals surface area contributed by atoms with E-state index in [9.17, 15) is 4.21 Å². The van der Waals surface area contributed by atoms with Crippen molar-refractivity contribution in [3.8, 4) is 5.75 Å². The summed E-state index contributed by atoms with van der Waals surface area (Å²) in [5.74, 6) is 1.13. The first-order valence-corrected chi connectivity index (χ1v) is 8.36. The van der Waals surface area contributed by atoms with Gasteiger partial charge in [-0.1, -0.05) is 28.1 Å². The standard InChI is InChI=1S/C15H16BrNO2S/c1-2-19-13-7-8-14(17)15(9-13)20(18)10-11-3-5-12(16)6-4-11/h3-9H,2,10,17H2,1H3. The number of anilines is 1. The molecule has 5 heteroatoms. The highest BCUT2D eigenvalue weighted by molar-refractivity contribution is 9.10. The Bertz CT molecular complexity index is 614. The zero-order valence-corrected chi connectivity index (χ0v) is 13.5. The fourth-order valence-corrected chi connectivity index (χ4v) is 3.27. The lowest BCUT2D eigenvalue weighted by Gasteiger charge is -2.09. The van der Waals surface area contributed by atoms with Gasteiger partial charge in [-0.05, 0) is 42.8 Å². The lowest BCUT2D eigenvalue weighted by molar-refractivity contribution is 0.339. The SMILES string of the molecule is CCOc1ccc(N)c(S(=O)Cc2ccc(Br)cc2)c1. The summed E-state index contributed by atoms with van der Waals surface area (Å²) >= 11 is 3.38. The van der Waals surface area contributed by atoms with Crippen LogP contribution in [-0.4, -0.2) is 10.8 Å². The van der Waals surface area contributed by atoms with E-state index in [1.165, 1.54) is 0 Å². The Morgan fingerprint density at radius 3 is 2.55 bits per heavy atom. The number of hydrogen-bond acceptors (Lipinski definition) is 3. The molecular weight excluding hydrogens is 338 g/mol. The third kappa shape index (κ3) is 3.84. The second kappa shape index (κ2) is 6.90. The highest BCUT2D eigenvalue weighted by Crippen LogP contribution is 2.25. The Balaban J connectivity index is 2.19. The first-order chi connectivity index (χ1) is 9.60. The lowest BCUT2D eigenvalue weighted by atomic mass is 10.2. The predicted octanol–water partition coefficient (Wildman–Crippen LogP) is 3.74. The van der Waals surface area contributed by atoms with E-state index in [1.54, 1.807) is 18.2 Å². The molecule has 2 aromatic carbocycles. The molecule has 0 aliphatic carbocycles. The van der Waals surface area contributed by atoms with Crippen LogP contribution in [0.25, 0.3) is 0 Å². The van der Waals surface area contributed by atoms with Crippen LogP contribution >= 0.6 is 15.9 Å². The third-order valence-corrected chi connectivity index (χ3v) is 4.72. The van der Waals surface area contributed by atoms with E-state index in [-0.39, 0.29) is 0 Å². The molecule has 0 spiro atoms. The van der Waals surface area contributed by atoms with Crippen LogP contribution in [0.1, 0.15) is 12.5 Å². The summed E-state index contributed by atoms with van der Waals surface area (Å²) < 4.78 is 18.9. The topological polar surface area (TPSA) is 52.3 Å². The second-order valence-corrected chi connectivity index (χ2v) is 6.58. The zero-order chi connectivity index (χ0) is 14.5. The summed E-state index contributed by atoms with van der Waals surface area (Å²) in [4.78, 5) is 0.624. The first-order valence-electron chi connectivity index (χ1n) is 6.25. The van der Waals surface area contributed by atoms with Gasteiger partial charge in [0.05, 0.1) is 28.1 Å². The summed E-state index contributed by atoms with van der Waals surface area (Å²) in [6, 6.07) is 13.1. The minimum atomic E-state index is -1.19. The van der Waals surface area contributed by atoms with Gasteiger partial charge in [-0.15, -0.1) is 0 Å². The van der Waals surface area contributed by atoms with E-state index in [2.05, 4.69) is 15.9 Å². The van der Waals surface area contributed by atoms with Crippen LogP contribution in [0.5, 0.6) is 5.75 Å². The fraction of sp³-hybridized carbons (Fsp3) is 0.200. The molecule has 0 aliphatic heterocycles. The van der Waals surface area contributed by atoms with Crippen molar-refractivity contribution in [2.24, 2.45) is 0 Å². The van der Waals surface area contributed by atoms with E-state index in [0.29, 0.717) is 28.7 Å². The number of halogens is 1. The van der Waals surface area contributed by atoms with E-state index in [4.69, 9.17) is 10.5 Å². The zero-order valence-electron chi connectivity index (χ0n) is 11.1. The highest BCUT2D eigenvalue weighted by Gasteiger charge is 2.10. The Morgan fingerprint density at radius 2 is 1.90 bits per heavy atom. The Labute approximate surface area is 129 Å². The minimum absolute atomic E-state index is 0.438. The summed E-state index contributed by atoms with van der Waals surface area (Å²) in [5, 5.41) is 0. The molecule has 0 saturated carbocycles. The molecule has 0 amide bonds. The minimum Gasteiger partial charge on any atom is -0.494 e. The van der Waals surface area contributed by atoms with Gasteiger partial charge in [-0.2, -0.15) is 0 Å². The molecule has 20 heavy (non-hydrogen) atoms. The molecule has 2 aromatic rings. The van der Waals surface area contributed by atoms with Gasteiger partial charge in [0.15, 0.2) is 0 Å². The maximum Gasteiger partial charge on any atom is 0.120 e. The average molecular weight is 354 g/mol. The molecule has 1 atom stereocenters. The van der Waals surface area contributed by atoms with Gasteiger partial charge in [0.25, 0.3) is 0 Å². The highest BCUT2D eigenvalue weighted by atomic mass is 79.9. The van der Waals surface area contributed by atoms with Crippen LogP contribution in [-0.2, 0) is 16.6 Å². The second-order valence-electron chi connectivity index (χ2n) is 4.25. The fourth-order valence-electron chi connectivity index (χ4n) is 1.78. The number of ether oxygens (including phenoxy) is 1. The van der Waals surface area contributed by atoms with Crippen LogP contribution in [0.15, 0.2) is 51.8 Å². The van der Waals surface area contributed by atoms with Crippen molar-refractivity contribution in [3.63, 3.8) is 0 Å². The average Bonchev–Trinajstić information content (AvgIpc) is 2.43. The molecule has 0 heterocycles. The van der Waals surface area contributed by atoms with Crippen molar-refractivity contribution in [1.29, 1.82) is 0 Å². The summed E-state index contributed by atoms with van der Waals surface area (Å²) in [6.45, 7) is 2.48. The lowest BCUT2D eigenvalue weighted by Crippen LogP contribution is -2.02. The maximum atomic E-state index is 12.4. The van der Waals surface area contributed by atoms with Gasteiger partial charge in [0.2, 0.25) is 0 Å². The van der Waals surface area contributed by atoms with Gasteiger partial charge in [0, 0.05) is 10.2 Å². The van der Waals surface area contributed by atoms with Gasteiger partial charge >= 0.3 is 0 Å². The molecular formula is C15H16BrNO2S. The Hall–Kier alpha value is -1.33. The van der Waals surface area contributed by atoms with Crippen LogP contribution in [0, 0.1) is 0 Å². The van der Waals surface area contributed by atoms with Crippen LogP contribution < -0.4 is 10.5 Å². The predicted molar refractivity (Wildman–Crippen MR) is 86.3 cm³/mol. The molecule has 0 fully saturated rings. The molecule has 0 aromatic heterocycles. The van der Waals surface area contributed by atoms with Crippen molar-refractivity contribution in [3.05, 3.63) is 52.5 Å². The smallest absolute Gasteiger partial charge is 0.120 e. The van der Waals surface area contributed by atoms with Crippen molar-refractivity contribution in [2.45, 2.75) is 17.6 Å². The molecule has 3 nitrogen and oxygen atoms in total. The van der Waals surface area contributed by atoms with E-state index < -0.39 is 10.8 Å². The molecule has 2 N–H and O–H groups in total. The summed E-state index contributed by atoms with van der Waals surface area (Å²) in [7, 11) is -1.19. The van der Waals surface area contributed by atoms with Gasteiger partial charge in [-0.3, -0.25) is 4.21 Å². The molecule has 0 aliphatic rings. The summed E-state index contributed by atoms with van der Waals surface area (Å²) in [6.07, 6.45) is 0. The Kier molecular flexibility index (Phi) is 5.20. The number of nitrogens with two attached hydrogens (primary N) is 1. The largest absolute Gasteiger partial charge is 0.494 e. The molecule has 0 saturated heterocycles. The molecule has 0 bridgehead atoms. The van der Waals surface area contributed by atoms with Crippen molar-refractivity contribution >= 4 is 32.4 Å². The van der Waals surface area contributed by atoms with Gasteiger partial charge in [-0.25, -0.2) is 0 Å². The Morgan fingerprint density at radius 1 is 1.20 bits per heavy atom. The van der Waals surface area contributed by atoms with E-state index >= 15 is 0 Å². The number of benzene rings is 2. The normalized spacial score (nSPS) is 12.1. The van der Waals surface area contributed by atoms with Crippen LogP contribution in [0.2, 0.25) is 0 Å². The van der Waals surface area contributed by atoms with Crippen molar-refractivity contribution in [1.82, 2.24) is 0 Å². The summed E-state index contributed by atoms with van der Waals surface area (Å²) in [5.41, 5.74) is 7.45. The molecule has 106 valence electrons. The monoisotopic (exact) mass is 353 g/mol. The molecule has 0 radical (unpaired) electrons. The van der Waals surface area contributed by atoms with Crippen molar-refractivity contribution in [2.75, 3.05) is 12.3 Å². The first kappa shape index (κ1) is 15.1. The van der Waals surface area contributed by atoms with Crippen LogP contribution in [0.4, 0.5) is 5.69 Å². The molecule has 2 rings (SSSR count). The van der Waals surface area contributed by atoms with E-state index in [0.717, 1.165) is 10.0 Å². The number of nitrogen functional groups attached to an aromatic ring is 1. The molecule has 1 unspecified atom stereocenters.